The van der Waals surface area contributed by atoms with Gasteiger partial charge in [-0.1, -0.05) is 128 Å². The molecule has 26 nitrogen and oxygen atoms in total. The molecule has 844 valence electrons. The Morgan fingerprint density at radius 2 is 0.426 bits per heavy atom. The Labute approximate surface area is 822 Å². The van der Waals surface area contributed by atoms with E-state index >= 15 is 0 Å². The van der Waals surface area contributed by atoms with Crippen molar-refractivity contribution < 1.29 is 241 Å². The summed E-state index contributed by atoms with van der Waals surface area (Å²) in [6, 6.07) is 30.0. The van der Waals surface area contributed by atoms with Crippen molar-refractivity contribution in [1.82, 2.24) is 31.9 Å². The highest BCUT2D eigenvalue weighted by atomic mass is 19.5. The second kappa shape index (κ2) is 55.9. The van der Waals surface area contributed by atoms with E-state index in [9.17, 15) is 183 Å². The van der Waals surface area contributed by atoms with E-state index in [0.29, 0.717) is 101 Å². The van der Waals surface area contributed by atoms with Gasteiger partial charge in [-0.2, -0.15) is 145 Å². The smallest absolute Gasteiger partial charge is 0.460 e. The first kappa shape index (κ1) is 134. The second-order valence-electron chi connectivity index (χ2n) is 33.5. The molecule has 0 aliphatic heterocycles. The molecular weight excluding hydrogens is 2100 g/mol. The standard InChI is InChI=1S/C71H98N6O20.3C6H3F11/c1-49(2)62(78)93-47-60(96-68(87)76-41-19-13-10-16-38-73-65(82)83)45-91-57-33-25-53(26-34-57)70(5,6)51-21-29-55(30-22-51)89-43-59(95-67(86)75-40-18-12-9-15-37-72-64(80)81)44-90-56-31-23-52(24-32-56)71(7,8)54-27-35-58(36-28-54)92-46-61(48-94-63(79)50(3)4)97-69(88)77-42-20-14-11-17-39-74-66(84)85;3*1-2(7,8)3(9,10)4(11,12)5(13,14)6(15,16)17/h21-36,59-61,72-74H,1,3,9-20,37-48H2,2,4-8H3,(H,75,86)(H,76,87)(H,77,88)(H,80,81)(H,82,83)(H,84,85);3*1H3. The van der Waals surface area contributed by atoms with Gasteiger partial charge in [-0.25, -0.2) is 38.4 Å². The van der Waals surface area contributed by atoms with Gasteiger partial charge >= 0.3 is 138 Å². The Bertz CT molecular complexity index is 4420. The number of carbonyl (C=O) groups excluding carboxylic acids is 5. The Balaban J connectivity index is 0.00000172. The van der Waals surface area contributed by atoms with E-state index in [1.54, 1.807) is 24.3 Å². The Kier molecular flexibility index (Phi) is 50.5. The minimum absolute atomic E-state index is 0.0477. The molecule has 0 aliphatic rings. The van der Waals surface area contributed by atoms with E-state index in [1.807, 2.05) is 72.8 Å². The summed E-state index contributed by atoms with van der Waals surface area (Å²) in [4.78, 5) is 95.0. The lowest BCUT2D eigenvalue weighted by Crippen LogP contribution is -2.65. The molecule has 9 N–H and O–H groups in total. The monoisotopic (exact) mass is 2210 g/mol. The van der Waals surface area contributed by atoms with Crippen molar-refractivity contribution in [3.05, 3.63) is 144 Å². The largest absolute Gasteiger partial charge is 0.490 e. The van der Waals surface area contributed by atoms with Gasteiger partial charge in [0.15, 0.2) is 18.3 Å². The third-order valence-electron chi connectivity index (χ3n) is 20.4. The van der Waals surface area contributed by atoms with E-state index in [2.05, 4.69) is 72.8 Å². The molecule has 4 rings (SSSR count). The fourth-order valence-corrected chi connectivity index (χ4v) is 11.4. The number of ether oxygens (including phenoxy) is 9. The Hall–Kier alpha value is -12.2. The van der Waals surface area contributed by atoms with Crippen LogP contribution in [0.4, 0.5) is 174 Å². The average molecular weight is 2210 g/mol. The van der Waals surface area contributed by atoms with Crippen LogP contribution in [0.3, 0.4) is 0 Å². The molecule has 0 aliphatic carbocycles. The highest BCUT2D eigenvalue weighted by Crippen LogP contribution is 2.60. The van der Waals surface area contributed by atoms with E-state index in [4.69, 9.17) is 58.0 Å². The second-order valence-corrected chi connectivity index (χ2v) is 33.5. The molecule has 0 aromatic heterocycles. The van der Waals surface area contributed by atoms with E-state index < -0.39 is 188 Å². The zero-order valence-electron chi connectivity index (χ0n) is 79.6. The molecule has 0 radical (unpaired) electrons. The minimum atomic E-state index is -7.29. The van der Waals surface area contributed by atoms with Gasteiger partial charge in [-0.3, -0.25) is 0 Å². The van der Waals surface area contributed by atoms with Crippen molar-refractivity contribution in [2.24, 2.45) is 0 Å². The molecule has 148 heavy (non-hydrogen) atoms. The van der Waals surface area contributed by atoms with Crippen LogP contribution in [0.15, 0.2) is 121 Å². The average Bonchev–Trinajstić information content (AvgIpc) is 0.734. The predicted molar refractivity (Wildman–Crippen MR) is 456 cm³/mol. The van der Waals surface area contributed by atoms with Crippen LogP contribution in [-0.4, -0.2) is 251 Å². The van der Waals surface area contributed by atoms with Crippen LogP contribution in [0, 0.1) is 0 Å². The highest BCUT2D eigenvalue weighted by Gasteiger charge is 2.89. The van der Waals surface area contributed by atoms with Crippen molar-refractivity contribution >= 4 is 48.5 Å². The number of rotatable bonds is 55. The summed E-state index contributed by atoms with van der Waals surface area (Å²) in [6.07, 6.45) is -20.6. The van der Waals surface area contributed by atoms with Gasteiger partial charge in [0.05, 0.1) is 0 Å². The number of nitrogens with one attached hydrogen (secondary N) is 6. The molecular formula is C89H107F33N6O20. The minimum Gasteiger partial charge on any atom is -0.490 e. The summed E-state index contributed by atoms with van der Waals surface area (Å²) < 4.78 is 446. The molecule has 4 aromatic rings. The Morgan fingerprint density at radius 1 is 0.257 bits per heavy atom. The summed E-state index contributed by atoms with van der Waals surface area (Å²) in [5, 5.41) is 41.4. The highest BCUT2D eigenvalue weighted by molar-refractivity contribution is 5.87. The van der Waals surface area contributed by atoms with Crippen LogP contribution in [-0.2, 0) is 44.1 Å². The summed E-state index contributed by atoms with van der Waals surface area (Å²) >= 11 is 0. The van der Waals surface area contributed by atoms with Crippen LogP contribution in [0.5, 0.6) is 23.0 Å². The normalized spacial score (nSPS) is 13.4. The maximum absolute atomic E-state index is 13.2. The lowest BCUT2D eigenvalue weighted by molar-refractivity contribution is -0.420. The van der Waals surface area contributed by atoms with Gasteiger partial charge in [-0.05, 0) is 123 Å². The molecule has 2 unspecified atom stereocenters. The first-order chi connectivity index (χ1) is 67.3. The number of esters is 2. The first-order valence-corrected chi connectivity index (χ1v) is 43.4. The fourth-order valence-electron chi connectivity index (χ4n) is 11.4. The zero-order valence-corrected chi connectivity index (χ0v) is 79.6. The third kappa shape index (κ3) is 40.0. The van der Waals surface area contributed by atoms with Crippen molar-refractivity contribution in [3.63, 3.8) is 0 Å². The number of benzene rings is 4. The summed E-state index contributed by atoms with van der Waals surface area (Å²) in [7, 11) is 0. The summed E-state index contributed by atoms with van der Waals surface area (Å²) in [5.74, 6) is -80.8. The predicted octanol–water partition coefficient (Wildman–Crippen LogP) is 23.9. The van der Waals surface area contributed by atoms with Crippen LogP contribution in [0.1, 0.15) is 162 Å². The number of amides is 6. The lowest BCUT2D eigenvalue weighted by atomic mass is 9.78. The summed E-state index contributed by atoms with van der Waals surface area (Å²) in [5.41, 5.74) is 3.26. The SMILES string of the molecule is C=C(C)C(=O)OCC(COc1ccc(C(C)(C)c2ccc(OCC(COc3ccc(C(C)(C)c4ccc(OCC(COC(=O)C(=C)C)OC(=O)NCCCCCCNC(=O)O)cc4)cc3)OC(=O)NCCCCCCNC(=O)O)cc2)cc1)OC(=O)NCCCCCCNC(=O)O.CC(F)(F)C(F)(F)C(F)(F)C(F)(F)C(F)(F)F.CC(F)(F)C(F)(F)C(F)(F)C(F)(F)C(F)(F)F.CC(F)(F)C(F)(F)C(F)(F)C(F)(F)C(F)(F)F. The van der Waals surface area contributed by atoms with Crippen LogP contribution in [0.2, 0.25) is 0 Å². The zero-order chi connectivity index (χ0) is 115. The Morgan fingerprint density at radius 3 is 0.581 bits per heavy atom. The molecule has 4 aromatic carbocycles. The van der Waals surface area contributed by atoms with Gasteiger partial charge in [0.25, 0.3) is 0 Å². The van der Waals surface area contributed by atoms with Crippen LogP contribution < -0.4 is 50.8 Å². The van der Waals surface area contributed by atoms with Gasteiger partial charge in [0.2, 0.25) is 0 Å². The van der Waals surface area contributed by atoms with Crippen molar-refractivity contribution in [1.29, 1.82) is 0 Å². The number of halogens is 33. The van der Waals surface area contributed by atoms with Crippen LogP contribution >= 0.6 is 0 Å². The van der Waals surface area contributed by atoms with E-state index in [0.717, 1.165) is 60.8 Å². The lowest BCUT2D eigenvalue weighted by Gasteiger charge is -2.35. The quantitative estimate of drug-likeness (QED) is 0.00652. The van der Waals surface area contributed by atoms with E-state index in [1.165, 1.54) is 13.8 Å². The number of carbonyl (C=O) groups is 8. The van der Waals surface area contributed by atoms with Gasteiger partial charge in [0.1, 0.15) is 62.6 Å². The van der Waals surface area contributed by atoms with Gasteiger partial charge in [-0.15, -0.1) is 0 Å². The maximum Gasteiger partial charge on any atom is 0.460 e. The van der Waals surface area contributed by atoms with Crippen molar-refractivity contribution in [2.45, 2.75) is 258 Å². The first-order valence-electron chi connectivity index (χ1n) is 43.4. The number of alkyl halides is 33. The number of alkyl carbamates (subject to hydrolysis) is 3. The van der Waals surface area contributed by atoms with Crippen molar-refractivity contribution in [3.8, 4) is 23.0 Å². The number of unbranched alkanes of at least 4 members (excludes halogenated alkanes) is 9. The molecule has 6 amide bonds. The fraction of sp³-hybridized carbons (Fsp3) is 0.596. The van der Waals surface area contributed by atoms with E-state index in [-0.39, 0.29) is 50.8 Å². The van der Waals surface area contributed by atoms with Crippen LogP contribution in [0.25, 0.3) is 0 Å². The molecule has 59 heteroatoms. The molecule has 0 fully saturated rings. The molecule has 2 atom stereocenters. The third-order valence-corrected chi connectivity index (χ3v) is 20.4. The molecule has 0 bridgehead atoms. The van der Waals surface area contributed by atoms with Crippen molar-refractivity contribution in [2.75, 3.05) is 78.9 Å². The van der Waals surface area contributed by atoms with Gasteiger partial charge < -0.3 is 89.9 Å². The number of hydrogen-bond donors (Lipinski definition) is 9. The van der Waals surface area contributed by atoms with Gasteiger partial charge in [0, 0.05) is 82.0 Å². The number of hydrogen-bond acceptors (Lipinski definition) is 17. The molecule has 0 heterocycles. The molecule has 0 saturated carbocycles. The number of carboxylic acid groups (broad SMARTS) is 3. The maximum atomic E-state index is 13.2. The molecule has 0 saturated heterocycles. The molecule has 0 spiro atoms. The summed E-state index contributed by atoms with van der Waals surface area (Å²) in [6.45, 7) is 17.1. The topological polar surface area (TPSA) is 352 Å².